The number of amides is 2. The maximum atomic E-state index is 13.4. The van der Waals surface area contributed by atoms with Crippen LogP contribution >= 0.6 is 0 Å². The Bertz CT molecular complexity index is 1090. The van der Waals surface area contributed by atoms with E-state index in [2.05, 4.69) is 10.6 Å². The van der Waals surface area contributed by atoms with Gasteiger partial charge in [-0.05, 0) is 23.6 Å². The van der Waals surface area contributed by atoms with Crippen molar-refractivity contribution < 1.29 is 23.8 Å². The molecule has 1 aliphatic heterocycles. The molecule has 2 amide bonds. The number of ether oxygens (including phenoxy) is 3. The van der Waals surface area contributed by atoms with Crippen molar-refractivity contribution in [2.24, 2.45) is 0 Å². The largest absolute Gasteiger partial charge is 0.445 e. The van der Waals surface area contributed by atoms with E-state index in [0.29, 0.717) is 19.6 Å². The molecule has 0 spiro atoms. The van der Waals surface area contributed by atoms with Crippen LogP contribution in [0.15, 0.2) is 91.0 Å². The second-order valence-electron chi connectivity index (χ2n) is 8.86. The van der Waals surface area contributed by atoms with Crippen LogP contribution in [0.25, 0.3) is 0 Å². The second kappa shape index (κ2) is 12.9. The van der Waals surface area contributed by atoms with E-state index in [4.69, 9.17) is 14.2 Å². The van der Waals surface area contributed by atoms with Gasteiger partial charge in [-0.25, -0.2) is 4.79 Å². The molecule has 0 aromatic heterocycles. The van der Waals surface area contributed by atoms with Gasteiger partial charge in [-0.3, -0.25) is 4.79 Å². The number of hydrogen-bond acceptors (Lipinski definition) is 5. The fraction of sp³-hybridized carbons (Fsp3) is 0.310. The van der Waals surface area contributed by atoms with Gasteiger partial charge in [0.2, 0.25) is 5.91 Å². The molecule has 1 heterocycles. The molecule has 4 rings (SSSR count). The molecule has 0 bridgehead atoms. The summed E-state index contributed by atoms with van der Waals surface area (Å²) in [7, 11) is 0. The highest BCUT2D eigenvalue weighted by Gasteiger charge is 2.39. The Balaban J connectivity index is 1.38. The van der Waals surface area contributed by atoms with E-state index >= 15 is 0 Å². The zero-order chi connectivity index (χ0) is 25.2. The molecule has 0 saturated carbocycles. The molecule has 3 aromatic carbocycles. The van der Waals surface area contributed by atoms with Crippen molar-refractivity contribution in [1.82, 2.24) is 10.6 Å². The number of benzene rings is 3. The SMILES string of the molecule is CC(OCc1ccccc1)[C@H](NC(=O)[C@H](Cc1ccccc1)NC(=O)OCc1ccccc1)[C@H]1CO1. The number of carbonyl (C=O) groups is 2. The van der Waals surface area contributed by atoms with Crippen molar-refractivity contribution in [3.05, 3.63) is 108 Å². The van der Waals surface area contributed by atoms with Crippen LogP contribution in [0.1, 0.15) is 23.6 Å². The maximum Gasteiger partial charge on any atom is 0.408 e. The van der Waals surface area contributed by atoms with Crippen molar-refractivity contribution in [2.75, 3.05) is 6.61 Å². The Hall–Kier alpha value is -3.68. The summed E-state index contributed by atoms with van der Waals surface area (Å²) in [5.41, 5.74) is 2.84. The van der Waals surface area contributed by atoms with E-state index < -0.39 is 12.1 Å². The van der Waals surface area contributed by atoms with Crippen molar-refractivity contribution in [1.29, 1.82) is 0 Å². The minimum Gasteiger partial charge on any atom is -0.445 e. The molecule has 0 radical (unpaired) electrons. The first-order chi connectivity index (χ1) is 17.6. The summed E-state index contributed by atoms with van der Waals surface area (Å²) < 4.78 is 16.9. The minimum atomic E-state index is -0.821. The molecule has 1 fully saturated rings. The third-order valence-electron chi connectivity index (χ3n) is 6.03. The first kappa shape index (κ1) is 25.4. The highest BCUT2D eigenvalue weighted by molar-refractivity contribution is 5.86. The molecule has 2 N–H and O–H groups in total. The average molecular weight is 489 g/mol. The van der Waals surface area contributed by atoms with Crippen LogP contribution in [0.2, 0.25) is 0 Å². The third-order valence-corrected chi connectivity index (χ3v) is 6.03. The maximum absolute atomic E-state index is 13.4. The van der Waals surface area contributed by atoms with Crippen LogP contribution in [0.5, 0.6) is 0 Å². The standard InChI is InChI=1S/C29H32N2O5/c1-21(34-18-23-13-7-3-8-14-23)27(26-20-35-26)31-28(32)25(17-22-11-5-2-6-12-22)30-29(33)36-19-24-15-9-4-10-16-24/h2-16,21,25-27H,17-20H2,1H3,(H,30,33)(H,31,32)/t21?,25-,26+,27-/m0/s1. The van der Waals surface area contributed by atoms with Gasteiger partial charge >= 0.3 is 6.09 Å². The van der Waals surface area contributed by atoms with Crippen molar-refractivity contribution in [3.8, 4) is 0 Å². The Morgan fingerprint density at radius 1 is 0.833 bits per heavy atom. The van der Waals surface area contributed by atoms with E-state index in [1.807, 2.05) is 97.9 Å². The summed E-state index contributed by atoms with van der Waals surface area (Å²) >= 11 is 0. The van der Waals surface area contributed by atoms with Crippen LogP contribution in [0, 0.1) is 0 Å². The molecular formula is C29H32N2O5. The van der Waals surface area contributed by atoms with Gasteiger partial charge in [-0.2, -0.15) is 0 Å². The summed E-state index contributed by atoms with van der Waals surface area (Å²) in [5, 5.41) is 5.80. The lowest BCUT2D eigenvalue weighted by molar-refractivity contribution is -0.125. The number of nitrogens with one attached hydrogen (secondary N) is 2. The van der Waals surface area contributed by atoms with E-state index in [1.54, 1.807) is 0 Å². The Morgan fingerprint density at radius 3 is 1.92 bits per heavy atom. The third kappa shape index (κ3) is 7.93. The van der Waals surface area contributed by atoms with Gasteiger partial charge in [0.15, 0.2) is 0 Å². The lowest BCUT2D eigenvalue weighted by atomic mass is 10.0. The number of hydrogen-bond donors (Lipinski definition) is 2. The van der Waals surface area contributed by atoms with Crippen molar-refractivity contribution >= 4 is 12.0 Å². The Kier molecular flexibility index (Phi) is 9.08. The first-order valence-corrected chi connectivity index (χ1v) is 12.2. The van der Waals surface area contributed by atoms with Crippen LogP contribution in [-0.4, -0.2) is 42.9 Å². The molecule has 1 aliphatic rings. The second-order valence-corrected chi connectivity index (χ2v) is 8.86. The zero-order valence-corrected chi connectivity index (χ0v) is 20.3. The quantitative estimate of drug-likeness (QED) is 0.376. The predicted molar refractivity (Wildman–Crippen MR) is 136 cm³/mol. The predicted octanol–water partition coefficient (Wildman–Crippen LogP) is 4.01. The van der Waals surface area contributed by atoms with Gasteiger partial charge < -0.3 is 24.8 Å². The number of carbonyl (C=O) groups excluding carboxylic acids is 2. The molecule has 3 aromatic rings. The smallest absolute Gasteiger partial charge is 0.408 e. The summed E-state index contributed by atoms with van der Waals surface area (Å²) in [5.74, 6) is -0.314. The molecule has 188 valence electrons. The Labute approximate surface area is 211 Å². The lowest BCUT2D eigenvalue weighted by Crippen LogP contribution is -2.55. The summed E-state index contributed by atoms with van der Waals surface area (Å²) in [6.45, 7) is 3.02. The highest BCUT2D eigenvalue weighted by atomic mass is 16.6. The van der Waals surface area contributed by atoms with E-state index in [0.717, 1.165) is 16.7 Å². The number of epoxide rings is 1. The van der Waals surface area contributed by atoms with Crippen LogP contribution in [0.4, 0.5) is 4.79 Å². The summed E-state index contributed by atoms with van der Waals surface area (Å²) in [6.07, 6.45) is -0.737. The van der Waals surface area contributed by atoms with Gasteiger partial charge in [-0.15, -0.1) is 0 Å². The van der Waals surface area contributed by atoms with Crippen molar-refractivity contribution in [2.45, 2.75) is 50.8 Å². The molecule has 1 unspecified atom stereocenters. The fourth-order valence-electron chi connectivity index (χ4n) is 3.91. The van der Waals surface area contributed by atoms with Crippen LogP contribution < -0.4 is 10.6 Å². The monoisotopic (exact) mass is 488 g/mol. The first-order valence-electron chi connectivity index (χ1n) is 12.2. The van der Waals surface area contributed by atoms with E-state index in [9.17, 15) is 9.59 Å². The minimum absolute atomic E-state index is 0.120. The molecule has 4 atom stereocenters. The topological polar surface area (TPSA) is 89.2 Å². The van der Waals surface area contributed by atoms with Gasteiger partial charge in [0.05, 0.1) is 25.4 Å². The normalized spacial score (nSPS) is 16.9. The van der Waals surface area contributed by atoms with Gasteiger partial charge in [0.1, 0.15) is 18.8 Å². The molecule has 7 heteroatoms. The molecular weight excluding hydrogens is 456 g/mol. The Morgan fingerprint density at radius 2 is 1.36 bits per heavy atom. The summed E-state index contributed by atoms with van der Waals surface area (Å²) in [6, 6.07) is 27.7. The molecule has 36 heavy (non-hydrogen) atoms. The number of rotatable bonds is 12. The number of alkyl carbamates (subject to hydrolysis) is 1. The van der Waals surface area contributed by atoms with Gasteiger partial charge in [0, 0.05) is 6.42 Å². The highest BCUT2D eigenvalue weighted by Crippen LogP contribution is 2.20. The van der Waals surface area contributed by atoms with Crippen molar-refractivity contribution in [3.63, 3.8) is 0 Å². The zero-order valence-electron chi connectivity index (χ0n) is 20.3. The van der Waals surface area contributed by atoms with E-state index in [-0.39, 0.29) is 30.8 Å². The average Bonchev–Trinajstić information content (AvgIpc) is 3.76. The summed E-state index contributed by atoms with van der Waals surface area (Å²) in [4.78, 5) is 26.0. The van der Waals surface area contributed by atoms with Crippen LogP contribution in [0.3, 0.4) is 0 Å². The van der Waals surface area contributed by atoms with Gasteiger partial charge in [-0.1, -0.05) is 91.0 Å². The van der Waals surface area contributed by atoms with E-state index in [1.165, 1.54) is 0 Å². The molecule has 7 nitrogen and oxygen atoms in total. The van der Waals surface area contributed by atoms with Gasteiger partial charge in [0.25, 0.3) is 0 Å². The van der Waals surface area contributed by atoms with Crippen LogP contribution in [-0.2, 0) is 38.6 Å². The lowest BCUT2D eigenvalue weighted by Gasteiger charge is -2.27. The molecule has 1 saturated heterocycles. The fourth-order valence-corrected chi connectivity index (χ4v) is 3.91. The molecule has 0 aliphatic carbocycles.